The maximum Gasteiger partial charge on any atom is 0.220 e. The standard InChI is InChI=1S/C16H19FN2O2/c1-12(7-13-3-2-4-15(17)9-13)8-16(20)18-6-5-14-10-19-21-11-14/h2-4,9-12H,5-8H2,1H3,(H,18,20). The Hall–Kier alpha value is -2.17. The molecule has 0 aliphatic heterocycles. The molecule has 0 fully saturated rings. The van der Waals surface area contributed by atoms with Crippen molar-refractivity contribution in [1.82, 2.24) is 10.5 Å². The average Bonchev–Trinajstić information content (AvgIpc) is 2.91. The van der Waals surface area contributed by atoms with E-state index in [1.54, 1.807) is 18.5 Å². The number of nitrogens with zero attached hydrogens (tertiary/aromatic N) is 1. The van der Waals surface area contributed by atoms with Gasteiger partial charge in [0, 0.05) is 18.5 Å². The van der Waals surface area contributed by atoms with Gasteiger partial charge < -0.3 is 9.84 Å². The van der Waals surface area contributed by atoms with Gasteiger partial charge in [0.05, 0.1) is 6.20 Å². The summed E-state index contributed by atoms with van der Waals surface area (Å²) in [6.07, 6.45) is 5.03. The van der Waals surface area contributed by atoms with Gasteiger partial charge in [-0.2, -0.15) is 0 Å². The van der Waals surface area contributed by atoms with Gasteiger partial charge in [-0.15, -0.1) is 0 Å². The zero-order valence-electron chi connectivity index (χ0n) is 12.0. The molecular weight excluding hydrogens is 271 g/mol. The van der Waals surface area contributed by atoms with E-state index in [9.17, 15) is 9.18 Å². The molecule has 1 unspecified atom stereocenters. The van der Waals surface area contributed by atoms with Gasteiger partial charge in [0.25, 0.3) is 0 Å². The fourth-order valence-corrected chi connectivity index (χ4v) is 2.22. The van der Waals surface area contributed by atoms with Gasteiger partial charge in [-0.05, 0) is 36.5 Å². The molecule has 5 heteroatoms. The molecule has 0 spiro atoms. The Bertz CT molecular complexity index is 569. The number of aromatic nitrogens is 1. The summed E-state index contributed by atoms with van der Waals surface area (Å²) in [6, 6.07) is 6.51. The highest BCUT2D eigenvalue weighted by Crippen LogP contribution is 2.13. The van der Waals surface area contributed by atoms with Gasteiger partial charge in [0.15, 0.2) is 0 Å². The van der Waals surface area contributed by atoms with Crippen LogP contribution in [0.15, 0.2) is 41.2 Å². The summed E-state index contributed by atoms with van der Waals surface area (Å²) in [5.41, 5.74) is 1.88. The van der Waals surface area contributed by atoms with E-state index in [0.29, 0.717) is 25.8 Å². The van der Waals surface area contributed by atoms with Crippen LogP contribution in [0.2, 0.25) is 0 Å². The molecule has 0 radical (unpaired) electrons. The molecule has 1 amide bonds. The van der Waals surface area contributed by atoms with Crippen LogP contribution in [0.1, 0.15) is 24.5 Å². The van der Waals surface area contributed by atoms with E-state index in [4.69, 9.17) is 4.52 Å². The highest BCUT2D eigenvalue weighted by molar-refractivity contribution is 5.76. The number of carbonyl (C=O) groups excluding carboxylic acids is 1. The monoisotopic (exact) mass is 290 g/mol. The zero-order valence-corrected chi connectivity index (χ0v) is 12.0. The Labute approximate surface area is 123 Å². The lowest BCUT2D eigenvalue weighted by Crippen LogP contribution is -2.27. The molecule has 2 rings (SSSR count). The lowest BCUT2D eigenvalue weighted by molar-refractivity contribution is -0.121. The van der Waals surface area contributed by atoms with E-state index in [2.05, 4.69) is 10.5 Å². The largest absolute Gasteiger partial charge is 0.364 e. The molecule has 0 saturated heterocycles. The highest BCUT2D eigenvalue weighted by Gasteiger charge is 2.10. The first-order valence-electron chi connectivity index (χ1n) is 7.03. The number of nitrogens with one attached hydrogen (secondary N) is 1. The number of hydrogen-bond acceptors (Lipinski definition) is 3. The number of amides is 1. The van der Waals surface area contributed by atoms with Crippen LogP contribution < -0.4 is 5.32 Å². The minimum Gasteiger partial charge on any atom is -0.364 e. The first-order chi connectivity index (χ1) is 10.1. The van der Waals surface area contributed by atoms with Crippen molar-refractivity contribution in [2.24, 2.45) is 5.92 Å². The molecule has 0 bridgehead atoms. The molecule has 0 aliphatic carbocycles. The van der Waals surface area contributed by atoms with Crippen molar-refractivity contribution < 1.29 is 13.7 Å². The van der Waals surface area contributed by atoms with E-state index in [1.165, 1.54) is 12.1 Å². The smallest absolute Gasteiger partial charge is 0.220 e. The van der Waals surface area contributed by atoms with E-state index >= 15 is 0 Å². The van der Waals surface area contributed by atoms with Crippen LogP contribution in [0.5, 0.6) is 0 Å². The van der Waals surface area contributed by atoms with Crippen LogP contribution in [-0.4, -0.2) is 17.6 Å². The van der Waals surface area contributed by atoms with Crippen LogP contribution in [0.25, 0.3) is 0 Å². The van der Waals surface area contributed by atoms with Crippen LogP contribution in [-0.2, 0) is 17.6 Å². The topological polar surface area (TPSA) is 55.1 Å². The molecule has 1 atom stereocenters. The molecule has 21 heavy (non-hydrogen) atoms. The van der Waals surface area contributed by atoms with Gasteiger partial charge in [-0.25, -0.2) is 4.39 Å². The summed E-state index contributed by atoms with van der Waals surface area (Å²) in [5, 5.41) is 6.47. The minimum absolute atomic E-state index is 0.00959. The quantitative estimate of drug-likeness (QED) is 0.853. The first-order valence-corrected chi connectivity index (χ1v) is 7.03. The second-order valence-corrected chi connectivity index (χ2v) is 5.28. The Morgan fingerprint density at radius 3 is 3.00 bits per heavy atom. The molecule has 1 N–H and O–H groups in total. The van der Waals surface area contributed by atoms with Crippen molar-refractivity contribution >= 4 is 5.91 Å². The SMILES string of the molecule is CC(CC(=O)NCCc1cnoc1)Cc1cccc(F)c1. The fraction of sp³-hybridized carbons (Fsp3) is 0.375. The summed E-state index contributed by atoms with van der Waals surface area (Å²) in [6.45, 7) is 2.55. The van der Waals surface area contributed by atoms with Crippen LogP contribution in [0, 0.1) is 11.7 Å². The van der Waals surface area contributed by atoms with Gasteiger partial charge in [0.2, 0.25) is 5.91 Å². The average molecular weight is 290 g/mol. The molecule has 1 aromatic carbocycles. The second-order valence-electron chi connectivity index (χ2n) is 5.28. The van der Waals surface area contributed by atoms with Crippen LogP contribution in [0.3, 0.4) is 0 Å². The van der Waals surface area contributed by atoms with E-state index in [0.717, 1.165) is 11.1 Å². The summed E-state index contributed by atoms with van der Waals surface area (Å²) >= 11 is 0. The summed E-state index contributed by atoms with van der Waals surface area (Å²) in [5.74, 6) is -0.0596. The Kier molecular flexibility index (Phi) is 5.49. The summed E-state index contributed by atoms with van der Waals surface area (Å²) in [4.78, 5) is 11.8. The maximum absolute atomic E-state index is 13.1. The zero-order chi connectivity index (χ0) is 15.1. The van der Waals surface area contributed by atoms with E-state index in [1.807, 2.05) is 13.0 Å². The lowest BCUT2D eigenvalue weighted by Gasteiger charge is -2.11. The summed E-state index contributed by atoms with van der Waals surface area (Å²) in [7, 11) is 0. The van der Waals surface area contributed by atoms with Crippen molar-refractivity contribution in [3.05, 3.63) is 53.7 Å². The Balaban J connectivity index is 1.69. The maximum atomic E-state index is 13.1. The number of rotatable bonds is 7. The van der Waals surface area contributed by atoms with Gasteiger partial charge >= 0.3 is 0 Å². The highest BCUT2D eigenvalue weighted by atomic mass is 19.1. The third-order valence-electron chi connectivity index (χ3n) is 3.23. The second kappa shape index (κ2) is 7.57. The number of benzene rings is 1. The van der Waals surface area contributed by atoms with Crippen LogP contribution >= 0.6 is 0 Å². The molecule has 0 saturated carbocycles. The first kappa shape index (κ1) is 15.2. The number of halogens is 1. The van der Waals surface area contributed by atoms with Gasteiger partial charge in [-0.1, -0.05) is 24.2 Å². The van der Waals surface area contributed by atoms with Gasteiger partial charge in [0.1, 0.15) is 12.1 Å². The van der Waals surface area contributed by atoms with Gasteiger partial charge in [-0.3, -0.25) is 4.79 Å². The molecule has 4 nitrogen and oxygen atoms in total. The molecule has 0 aliphatic rings. The molecule has 112 valence electrons. The predicted molar refractivity (Wildman–Crippen MR) is 77.1 cm³/mol. The van der Waals surface area contributed by atoms with Crippen molar-refractivity contribution in [2.45, 2.75) is 26.2 Å². The van der Waals surface area contributed by atoms with Crippen molar-refractivity contribution in [3.8, 4) is 0 Å². The lowest BCUT2D eigenvalue weighted by atomic mass is 9.98. The molecule has 1 aromatic heterocycles. The minimum atomic E-state index is -0.238. The Morgan fingerprint density at radius 2 is 2.29 bits per heavy atom. The van der Waals surface area contributed by atoms with E-state index < -0.39 is 0 Å². The molecular formula is C16H19FN2O2. The third kappa shape index (κ3) is 5.38. The molecule has 1 heterocycles. The number of carbonyl (C=O) groups is 1. The Morgan fingerprint density at radius 1 is 1.43 bits per heavy atom. The number of hydrogen-bond donors (Lipinski definition) is 1. The third-order valence-corrected chi connectivity index (χ3v) is 3.23. The fourth-order valence-electron chi connectivity index (χ4n) is 2.22. The van der Waals surface area contributed by atoms with Crippen molar-refractivity contribution in [2.75, 3.05) is 6.54 Å². The van der Waals surface area contributed by atoms with Crippen molar-refractivity contribution in [3.63, 3.8) is 0 Å². The van der Waals surface area contributed by atoms with Crippen molar-refractivity contribution in [1.29, 1.82) is 0 Å². The predicted octanol–water partition coefficient (Wildman–Crippen LogP) is 2.74. The summed E-state index contributed by atoms with van der Waals surface area (Å²) < 4.78 is 17.8. The normalized spacial score (nSPS) is 12.1. The van der Waals surface area contributed by atoms with Crippen LogP contribution in [0.4, 0.5) is 4.39 Å². The molecule has 2 aromatic rings. The van der Waals surface area contributed by atoms with E-state index in [-0.39, 0.29) is 17.6 Å².